The van der Waals surface area contributed by atoms with Crippen LogP contribution >= 0.6 is 11.6 Å². The molecule has 0 fully saturated rings. The van der Waals surface area contributed by atoms with Gasteiger partial charge in [-0.3, -0.25) is 10.1 Å². The number of hydrogen-bond donors (Lipinski definition) is 2. The van der Waals surface area contributed by atoms with E-state index in [9.17, 15) is 18.5 Å². The summed E-state index contributed by atoms with van der Waals surface area (Å²) < 4.78 is 26.4. The van der Waals surface area contributed by atoms with Crippen molar-refractivity contribution < 1.29 is 18.4 Å². The Kier molecular flexibility index (Phi) is 5.88. The van der Waals surface area contributed by atoms with E-state index in [1.165, 1.54) is 6.07 Å². The molecule has 1 aromatic rings. The number of nitro groups is 1. The Morgan fingerprint density at radius 2 is 2.15 bits per heavy atom. The molecule has 0 heterocycles. The van der Waals surface area contributed by atoms with E-state index in [2.05, 4.69) is 4.72 Å². The van der Waals surface area contributed by atoms with Gasteiger partial charge in [-0.1, -0.05) is 18.5 Å². The van der Waals surface area contributed by atoms with Gasteiger partial charge in [0.1, 0.15) is 4.90 Å². The molecule has 0 saturated carbocycles. The van der Waals surface area contributed by atoms with Gasteiger partial charge in [-0.15, -0.1) is 0 Å². The lowest BCUT2D eigenvalue weighted by Gasteiger charge is -2.12. The topological polar surface area (TPSA) is 110 Å². The molecular weight excluding hydrogens is 308 g/mol. The van der Waals surface area contributed by atoms with E-state index in [1.807, 2.05) is 0 Å². The predicted octanol–water partition coefficient (Wildman–Crippen LogP) is 1.55. The smallest absolute Gasteiger partial charge is 0.270 e. The number of nitrogens with zero attached hydrogens (tertiary/aromatic N) is 1. The minimum Gasteiger partial charge on any atom is -0.396 e. The quantitative estimate of drug-likeness (QED) is 0.584. The molecule has 0 aliphatic rings. The molecule has 1 atom stereocenters. The average molecular weight is 323 g/mol. The lowest BCUT2D eigenvalue weighted by Crippen LogP contribution is -2.29. The summed E-state index contributed by atoms with van der Waals surface area (Å²) in [5.74, 6) is -0.0627. The molecule has 7 nitrogen and oxygen atoms in total. The molecule has 9 heteroatoms. The lowest BCUT2D eigenvalue weighted by atomic mass is 10.1. The number of sulfonamides is 1. The second kappa shape index (κ2) is 6.98. The molecule has 1 rings (SSSR count). The van der Waals surface area contributed by atoms with Crippen molar-refractivity contribution in [2.75, 3.05) is 13.2 Å². The summed E-state index contributed by atoms with van der Waals surface area (Å²) in [6.07, 6.45) is 0.450. The van der Waals surface area contributed by atoms with E-state index in [4.69, 9.17) is 16.7 Å². The molecule has 0 amide bonds. The van der Waals surface area contributed by atoms with Gasteiger partial charge in [-0.05, 0) is 18.4 Å². The zero-order chi connectivity index (χ0) is 15.3. The van der Waals surface area contributed by atoms with Crippen molar-refractivity contribution >= 4 is 27.3 Å². The van der Waals surface area contributed by atoms with E-state index < -0.39 is 14.9 Å². The Morgan fingerprint density at radius 3 is 2.70 bits per heavy atom. The van der Waals surface area contributed by atoms with E-state index in [-0.39, 0.29) is 34.7 Å². The fourth-order valence-electron chi connectivity index (χ4n) is 1.46. The van der Waals surface area contributed by atoms with Gasteiger partial charge in [0.15, 0.2) is 0 Å². The minimum atomic E-state index is -3.93. The molecule has 0 aromatic heterocycles. The summed E-state index contributed by atoms with van der Waals surface area (Å²) in [6, 6.07) is 3.22. The normalized spacial score (nSPS) is 13.2. The van der Waals surface area contributed by atoms with E-state index >= 15 is 0 Å². The van der Waals surface area contributed by atoms with Crippen molar-refractivity contribution in [2.24, 2.45) is 5.92 Å². The van der Waals surface area contributed by atoms with E-state index in [0.717, 1.165) is 12.1 Å². The van der Waals surface area contributed by atoms with Crippen LogP contribution in [0, 0.1) is 16.0 Å². The number of aliphatic hydroxyl groups is 1. The highest BCUT2D eigenvalue weighted by atomic mass is 35.5. The van der Waals surface area contributed by atoms with Crippen LogP contribution in [0.1, 0.15) is 13.3 Å². The summed E-state index contributed by atoms with van der Waals surface area (Å²) in [7, 11) is -3.93. The van der Waals surface area contributed by atoms with Crippen LogP contribution < -0.4 is 4.72 Å². The van der Waals surface area contributed by atoms with Crippen LogP contribution in [0.2, 0.25) is 5.02 Å². The molecule has 0 bridgehead atoms. The van der Waals surface area contributed by atoms with Crippen LogP contribution in [0.15, 0.2) is 23.1 Å². The molecule has 0 spiro atoms. The summed E-state index contributed by atoms with van der Waals surface area (Å²) in [5, 5.41) is 19.3. The van der Waals surface area contributed by atoms with Gasteiger partial charge in [0.25, 0.3) is 5.69 Å². The summed E-state index contributed by atoms with van der Waals surface area (Å²) in [4.78, 5) is 9.64. The number of non-ortho nitro benzene ring substituents is 1. The van der Waals surface area contributed by atoms with Crippen molar-refractivity contribution in [3.8, 4) is 0 Å². The Balaban J connectivity index is 2.97. The summed E-state index contributed by atoms with van der Waals surface area (Å²) in [5.41, 5.74) is -0.349. The van der Waals surface area contributed by atoms with Crippen molar-refractivity contribution in [3.05, 3.63) is 33.3 Å². The fraction of sp³-hybridized carbons (Fsp3) is 0.455. The standard InChI is InChI=1S/C11H15ClN2O5S/c1-8(4-5-15)7-13-20(18,19)11-6-9(14(16)17)2-3-10(11)12/h2-3,6,8,13,15H,4-5,7H2,1H3. The third-order valence-corrected chi connectivity index (χ3v) is 4.56. The third-order valence-electron chi connectivity index (χ3n) is 2.66. The Bertz CT molecular complexity index is 590. The van der Waals surface area contributed by atoms with Crippen LogP contribution in [0.3, 0.4) is 0 Å². The van der Waals surface area contributed by atoms with E-state index in [0.29, 0.717) is 6.42 Å². The highest BCUT2D eigenvalue weighted by Crippen LogP contribution is 2.26. The Labute approximate surface area is 121 Å². The summed E-state index contributed by atoms with van der Waals surface area (Å²) in [6.45, 7) is 1.84. The number of halogens is 1. The third kappa shape index (κ3) is 4.41. The molecule has 0 aliphatic carbocycles. The molecule has 1 aromatic carbocycles. The highest BCUT2D eigenvalue weighted by molar-refractivity contribution is 7.89. The molecule has 0 radical (unpaired) electrons. The molecule has 112 valence electrons. The molecule has 1 unspecified atom stereocenters. The molecule has 0 aliphatic heterocycles. The van der Waals surface area contributed by atoms with Crippen molar-refractivity contribution in [2.45, 2.75) is 18.2 Å². The second-order valence-electron chi connectivity index (χ2n) is 4.34. The first kappa shape index (κ1) is 16.8. The average Bonchev–Trinajstić information content (AvgIpc) is 2.37. The SMILES string of the molecule is CC(CCO)CNS(=O)(=O)c1cc([N+](=O)[O-])ccc1Cl. The van der Waals surface area contributed by atoms with Crippen molar-refractivity contribution in [1.82, 2.24) is 4.72 Å². The maximum atomic E-state index is 12.1. The van der Waals surface area contributed by atoms with Crippen LogP contribution in [0.4, 0.5) is 5.69 Å². The van der Waals surface area contributed by atoms with Gasteiger partial charge in [0.05, 0.1) is 9.95 Å². The monoisotopic (exact) mass is 322 g/mol. The zero-order valence-electron chi connectivity index (χ0n) is 10.7. The van der Waals surface area contributed by atoms with Crippen molar-refractivity contribution in [3.63, 3.8) is 0 Å². The number of benzene rings is 1. The van der Waals surface area contributed by atoms with Crippen LogP contribution in [0.25, 0.3) is 0 Å². The number of hydrogen-bond acceptors (Lipinski definition) is 5. The van der Waals surface area contributed by atoms with Gasteiger partial charge in [0, 0.05) is 25.3 Å². The Morgan fingerprint density at radius 1 is 1.50 bits per heavy atom. The van der Waals surface area contributed by atoms with Crippen LogP contribution in [-0.4, -0.2) is 31.6 Å². The van der Waals surface area contributed by atoms with Gasteiger partial charge in [0.2, 0.25) is 10.0 Å². The minimum absolute atomic E-state index is 0.0412. The maximum absolute atomic E-state index is 12.1. The molecular formula is C11H15ClN2O5S. The zero-order valence-corrected chi connectivity index (χ0v) is 12.3. The highest BCUT2D eigenvalue weighted by Gasteiger charge is 2.21. The molecule has 0 saturated heterocycles. The van der Waals surface area contributed by atoms with E-state index in [1.54, 1.807) is 6.92 Å². The fourth-order valence-corrected chi connectivity index (χ4v) is 3.15. The number of aliphatic hydroxyl groups excluding tert-OH is 1. The van der Waals surface area contributed by atoms with Crippen molar-refractivity contribution in [1.29, 1.82) is 0 Å². The number of rotatable bonds is 7. The first-order valence-corrected chi connectivity index (χ1v) is 7.68. The van der Waals surface area contributed by atoms with Gasteiger partial charge in [-0.25, -0.2) is 13.1 Å². The largest absolute Gasteiger partial charge is 0.396 e. The molecule has 20 heavy (non-hydrogen) atoms. The first-order chi connectivity index (χ1) is 9.27. The first-order valence-electron chi connectivity index (χ1n) is 5.82. The number of nitro benzene ring substituents is 1. The molecule has 2 N–H and O–H groups in total. The van der Waals surface area contributed by atoms with Crippen LogP contribution in [-0.2, 0) is 10.0 Å². The van der Waals surface area contributed by atoms with Gasteiger partial charge < -0.3 is 5.11 Å². The Hall–Kier alpha value is -1.22. The summed E-state index contributed by atoms with van der Waals surface area (Å²) >= 11 is 5.78. The van der Waals surface area contributed by atoms with Gasteiger partial charge >= 0.3 is 0 Å². The van der Waals surface area contributed by atoms with Gasteiger partial charge in [-0.2, -0.15) is 0 Å². The second-order valence-corrected chi connectivity index (χ2v) is 6.48. The van der Waals surface area contributed by atoms with Crippen LogP contribution in [0.5, 0.6) is 0 Å². The predicted molar refractivity (Wildman–Crippen MR) is 74.2 cm³/mol. The maximum Gasteiger partial charge on any atom is 0.270 e. The lowest BCUT2D eigenvalue weighted by molar-refractivity contribution is -0.385. The number of nitrogens with one attached hydrogen (secondary N) is 1.